The van der Waals surface area contributed by atoms with Crippen molar-refractivity contribution in [3.63, 3.8) is 0 Å². The van der Waals surface area contributed by atoms with Crippen LogP contribution in [-0.4, -0.2) is 46.9 Å². The SMILES string of the molecule is CC/C=C/C=C/C=C/C=C\CCCCCC(CC(=O)NC(CO)C(O)CCCCCCCCCCCCCCCC)OC(=O)CCCCCCCCCCC. The first-order valence-corrected chi connectivity index (χ1v) is 23.4. The van der Waals surface area contributed by atoms with E-state index in [4.69, 9.17) is 4.74 Å². The van der Waals surface area contributed by atoms with Crippen molar-refractivity contribution in [2.45, 2.75) is 244 Å². The molecule has 3 unspecified atom stereocenters. The van der Waals surface area contributed by atoms with Gasteiger partial charge in [0, 0.05) is 6.42 Å². The fourth-order valence-electron chi connectivity index (χ4n) is 6.97. The van der Waals surface area contributed by atoms with Crippen molar-refractivity contribution in [1.29, 1.82) is 0 Å². The highest BCUT2D eigenvalue weighted by Crippen LogP contribution is 2.17. The van der Waals surface area contributed by atoms with Crippen LogP contribution in [0.25, 0.3) is 0 Å². The monoisotopic (exact) mass is 772 g/mol. The molecular weight excluding hydrogens is 683 g/mol. The molecule has 0 heterocycles. The Morgan fingerprint density at radius 3 is 1.49 bits per heavy atom. The number of hydrogen-bond donors (Lipinski definition) is 3. The minimum Gasteiger partial charge on any atom is -0.462 e. The third kappa shape index (κ3) is 38.5. The zero-order valence-corrected chi connectivity index (χ0v) is 36.3. The molecule has 55 heavy (non-hydrogen) atoms. The molecule has 0 saturated heterocycles. The lowest BCUT2D eigenvalue weighted by Crippen LogP contribution is -2.46. The summed E-state index contributed by atoms with van der Waals surface area (Å²) in [6.45, 7) is 6.31. The number of carbonyl (C=O) groups is 2. The smallest absolute Gasteiger partial charge is 0.306 e. The average molecular weight is 772 g/mol. The number of rotatable bonds is 41. The second-order valence-corrected chi connectivity index (χ2v) is 15.9. The largest absolute Gasteiger partial charge is 0.462 e. The summed E-state index contributed by atoms with van der Waals surface area (Å²) in [5.41, 5.74) is 0. The first-order valence-electron chi connectivity index (χ1n) is 23.4. The van der Waals surface area contributed by atoms with Crippen LogP contribution >= 0.6 is 0 Å². The topological polar surface area (TPSA) is 95.9 Å². The lowest BCUT2D eigenvalue weighted by atomic mass is 10.0. The molecule has 0 fully saturated rings. The van der Waals surface area contributed by atoms with E-state index in [2.05, 4.69) is 50.4 Å². The summed E-state index contributed by atoms with van der Waals surface area (Å²) in [5.74, 6) is -0.514. The first kappa shape index (κ1) is 52.8. The molecule has 0 aromatic heterocycles. The minimum atomic E-state index is -0.796. The molecule has 0 aliphatic carbocycles. The Kier molecular flexibility index (Phi) is 41.2. The van der Waals surface area contributed by atoms with Crippen LogP contribution < -0.4 is 5.32 Å². The molecule has 0 aromatic carbocycles. The Bertz CT molecular complexity index is 957. The lowest BCUT2D eigenvalue weighted by molar-refractivity contribution is -0.151. The maximum absolute atomic E-state index is 13.1. The predicted octanol–water partition coefficient (Wildman–Crippen LogP) is 13.5. The highest BCUT2D eigenvalue weighted by Gasteiger charge is 2.24. The van der Waals surface area contributed by atoms with E-state index < -0.39 is 18.2 Å². The average Bonchev–Trinajstić information content (AvgIpc) is 3.18. The molecule has 0 aromatic rings. The quantitative estimate of drug-likeness (QED) is 0.0327. The number of aliphatic hydroxyl groups is 2. The summed E-state index contributed by atoms with van der Waals surface area (Å²) in [5, 5.41) is 23.7. The number of hydrogen-bond acceptors (Lipinski definition) is 5. The Morgan fingerprint density at radius 1 is 0.545 bits per heavy atom. The molecule has 0 spiro atoms. The third-order valence-electron chi connectivity index (χ3n) is 10.5. The van der Waals surface area contributed by atoms with Crippen molar-refractivity contribution < 1.29 is 24.5 Å². The van der Waals surface area contributed by atoms with E-state index in [1.807, 2.05) is 24.3 Å². The van der Waals surface area contributed by atoms with Gasteiger partial charge in [-0.1, -0.05) is 217 Å². The second kappa shape index (κ2) is 43.0. The van der Waals surface area contributed by atoms with Gasteiger partial charge in [0.15, 0.2) is 0 Å². The molecule has 6 heteroatoms. The van der Waals surface area contributed by atoms with Gasteiger partial charge in [0.05, 0.1) is 25.2 Å². The molecular formula is C49H89NO5. The number of ether oxygens (including phenoxy) is 1. The summed E-state index contributed by atoms with van der Waals surface area (Å²) in [4.78, 5) is 25.9. The Labute approximate surface area is 340 Å². The molecule has 0 aliphatic rings. The number of esters is 1. The van der Waals surface area contributed by atoms with Gasteiger partial charge < -0.3 is 20.3 Å². The highest BCUT2D eigenvalue weighted by molar-refractivity contribution is 5.77. The van der Waals surface area contributed by atoms with Crippen molar-refractivity contribution in [3.8, 4) is 0 Å². The first-order chi connectivity index (χ1) is 27.0. The summed E-state index contributed by atoms with van der Waals surface area (Å²) >= 11 is 0. The maximum atomic E-state index is 13.1. The Morgan fingerprint density at radius 2 is 0.982 bits per heavy atom. The Hall–Kier alpha value is -2.18. The van der Waals surface area contributed by atoms with Gasteiger partial charge in [0.1, 0.15) is 6.10 Å². The van der Waals surface area contributed by atoms with E-state index in [1.54, 1.807) is 0 Å². The standard InChI is InChI=1S/C49H89NO5/c1-4-7-10-13-16-19-21-23-25-27-30-32-35-38-41-47(52)46(44-51)50-48(53)43-45(55-49(54)42-39-36-33-28-18-15-12-9-6-3)40-37-34-31-29-26-24-22-20-17-14-11-8-5-2/h8,11,14,17,20,22,24,26,45-47,51-52H,4-7,9-10,12-13,15-16,18-19,21,23,25,27-44H2,1-3H3,(H,50,53)/b11-8+,17-14+,22-20+,26-24-. The van der Waals surface area contributed by atoms with Crippen LogP contribution in [0, 0.1) is 0 Å². The van der Waals surface area contributed by atoms with Gasteiger partial charge in [-0.15, -0.1) is 0 Å². The fourth-order valence-corrected chi connectivity index (χ4v) is 6.97. The molecule has 0 saturated carbocycles. The van der Waals surface area contributed by atoms with Gasteiger partial charge >= 0.3 is 5.97 Å². The van der Waals surface area contributed by atoms with Crippen molar-refractivity contribution in [2.75, 3.05) is 6.61 Å². The molecule has 3 N–H and O–H groups in total. The van der Waals surface area contributed by atoms with Crippen LogP contribution in [0.2, 0.25) is 0 Å². The number of carbonyl (C=O) groups excluding carboxylic acids is 2. The number of allylic oxidation sites excluding steroid dienone is 8. The van der Waals surface area contributed by atoms with Crippen LogP contribution in [0.1, 0.15) is 226 Å². The highest BCUT2D eigenvalue weighted by atomic mass is 16.5. The fraction of sp³-hybridized carbons (Fsp3) is 0.796. The second-order valence-electron chi connectivity index (χ2n) is 15.9. The number of aliphatic hydroxyl groups excluding tert-OH is 2. The molecule has 0 rings (SSSR count). The molecule has 0 aliphatic heterocycles. The third-order valence-corrected chi connectivity index (χ3v) is 10.5. The van der Waals surface area contributed by atoms with Gasteiger partial charge in [0.25, 0.3) is 0 Å². The van der Waals surface area contributed by atoms with Gasteiger partial charge in [0.2, 0.25) is 5.91 Å². The zero-order valence-electron chi connectivity index (χ0n) is 36.3. The summed E-state index contributed by atoms with van der Waals surface area (Å²) in [6.07, 6.45) is 50.3. The van der Waals surface area contributed by atoms with Crippen molar-refractivity contribution in [1.82, 2.24) is 5.32 Å². The normalized spacial score (nSPS) is 13.8. The zero-order chi connectivity index (χ0) is 40.3. The van der Waals surface area contributed by atoms with Crippen LogP contribution in [0.5, 0.6) is 0 Å². The van der Waals surface area contributed by atoms with Crippen LogP contribution in [0.4, 0.5) is 0 Å². The van der Waals surface area contributed by atoms with Crippen molar-refractivity contribution in [3.05, 3.63) is 48.6 Å². The van der Waals surface area contributed by atoms with Gasteiger partial charge in [-0.3, -0.25) is 9.59 Å². The summed E-state index contributed by atoms with van der Waals surface area (Å²) in [7, 11) is 0. The summed E-state index contributed by atoms with van der Waals surface area (Å²) < 4.78 is 5.87. The van der Waals surface area contributed by atoms with E-state index in [0.717, 1.165) is 70.6 Å². The molecule has 6 nitrogen and oxygen atoms in total. The van der Waals surface area contributed by atoms with Crippen LogP contribution in [-0.2, 0) is 14.3 Å². The van der Waals surface area contributed by atoms with Crippen molar-refractivity contribution in [2.24, 2.45) is 0 Å². The van der Waals surface area contributed by atoms with E-state index in [0.29, 0.717) is 19.3 Å². The van der Waals surface area contributed by atoms with Crippen LogP contribution in [0.3, 0.4) is 0 Å². The number of unbranched alkanes of at least 4 members (excludes halogenated alkanes) is 24. The number of nitrogens with one attached hydrogen (secondary N) is 1. The predicted molar refractivity (Wildman–Crippen MR) is 236 cm³/mol. The summed E-state index contributed by atoms with van der Waals surface area (Å²) in [6, 6.07) is -0.711. The molecule has 1 amide bonds. The van der Waals surface area contributed by atoms with Crippen LogP contribution in [0.15, 0.2) is 48.6 Å². The van der Waals surface area contributed by atoms with Gasteiger partial charge in [-0.05, 0) is 44.9 Å². The van der Waals surface area contributed by atoms with E-state index in [9.17, 15) is 19.8 Å². The van der Waals surface area contributed by atoms with Gasteiger partial charge in [-0.2, -0.15) is 0 Å². The number of amides is 1. The molecule has 3 atom stereocenters. The maximum Gasteiger partial charge on any atom is 0.306 e. The van der Waals surface area contributed by atoms with Crippen molar-refractivity contribution >= 4 is 11.9 Å². The molecule has 0 bridgehead atoms. The lowest BCUT2D eigenvalue weighted by Gasteiger charge is -2.24. The molecule has 320 valence electrons. The minimum absolute atomic E-state index is 0.0528. The molecule has 0 radical (unpaired) electrons. The Balaban J connectivity index is 4.60. The van der Waals surface area contributed by atoms with E-state index >= 15 is 0 Å². The van der Waals surface area contributed by atoms with E-state index in [-0.39, 0.29) is 24.9 Å². The van der Waals surface area contributed by atoms with E-state index in [1.165, 1.54) is 109 Å². The van der Waals surface area contributed by atoms with Gasteiger partial charge in [-0.25, -0.2) is 0 Å².